The van der Waals surface area contributed by atoms with E-state index in [9.17, 15) is 18.1 Å². The van der Waals surface area contributed by atoms with Crippen LogP contribution in [0.3, 0.4) is 0 Å². The van der Waals surface area contributed by atoms with Crippen molar-refractivity contribution in [1.29, 1.82) is 0 Å². The number of benzene rings is 2. The summed E-state index contributed by atoms with van der Waals surface area (Å²) in [6.07, 6.45) is 9.81. The molecular weight excluding hydrogens is 403 g/mol. The van der Waals surface area contributed by atoms with Gasteiger partial charge in [-0.2, -0.15) is 8.42 Å². The Morgan fingerprint density at radius 1 is 0.929 bits per heavy atom. The fourth-order valence-corrected chi connectivity index (χ4v) is 3.65. The number of unbranched alkanes of at least 4 members (excludes halogenated alkanes) is 6. The molecule has 0 aliphatic carbocycles. The van der Waals surface area contributed by atoms with Gasteiger partial charge in [0.05, 0.1) is 0 Å². The molecule has 0 amide bonds. The number of hydrogen-bond acceptors (Lipinski definition) is 4. The van der Waals surface area contributed by atoms with Crippen LogP contribution in [0, 0.1) is 0 Å². The molecule has 0 saturated carbocycles. The van der Waals surface area contributed by atoms with Crippen molar-refractivity contribution < 1.29 is 74.2 Å². The number of aryl methyl sites for hydroxylation is 1. The summed E-state index contributed by atoms with van der Waals surface area (Å²) in [5.74, 6) is -0.566. The van der Waals surface area contributed by atoms with Gasteiger partial charge in [0, 0.05) is 0 Å². The van der Waals surface area contributed by atoms with Gasteiger partial charge in [-0.3, -0.25) is 4.55 Å². The van der Waals surface area contributed by atoms with Crippen molar-refractivity contribution in [3.8, 4) is 17.2 Å². The average molecular weight is 431 g/mol. The predicted molar refractivity (Wildman–Crippen MR) is 104 cm³/mol. The molecule has 0 radical (unpaired) electrons. The fourth-order valence-electron chi connectivity index (χ4n) is 2.97. The van der Waals surface area contributed by atoms with Gasteiger partial charge in [0.25, 0.3) is 10.1 Å². The molecule has 0 aromatic heterocycles. The first-order valence-electron chi connectivity index (χ1n) is 9.46. The Morgan fingerprint density at radius 2 is 1.54 bits per heavy atom. The summed E-state index contributed by atoms with van der Waals surface area (Å²) in [4.78, 5) is -0.739. The van der Waals surface area contributed by atoms with Crippen molar-refractivity contribution in [2.75, 3.05) is 0 Å². The number of hydrogen-bond donors (Lipinski definition) is 1. The van der Waals surface area contributed by atoms with Gasteiger partial charge in [-0.15, -0.1) is 0 Å². The second-order valence-corrected chi connectivity index (χ2v) is 8.03. The zero-order valence-corrected chi connectivity index (χ0v) is 20.6. The van der Waals surface area contributed by atoms with Gasteiger partial charge in [0.2, 0.25) is 0 Å². The molecule has 0 spiro atoms. The third-order valence-electron chi connectivity index (χ3n) is 4.42. The summed E-state index contributed by atoms with van der Waals surface area (Å²) in [5, 5.41) is 11.7. The monoisotopic (exact) mass is 430 g/mol. The van der Waals surface area contributed by atoms with E-state index in [1.807, 2.05) is 12.1 Å². The topological polar surface area (TPSA) is 86.7 Å². The Hall–Kier alpha value is -0.414. The molecule has 2 aromatic carbocycles. The van der Waals surface area contributed by atoms with E-state index in [0.29, 0.717) is 5.75 Å². The smallest absolute Gasteiger partial charge is 0.871 e. The maximum atomic E-state index is 11.7. The minimum Gasteiger partial charge on any atom is -0.871 e. The standard InChI is InChI=1S/C21H28O5S.K/c1-2-3-4-5-6-7-8-10-17-13-15-18(16-14-17)26-20-12-9-11-19(22)21(20)27(23,24)25;/h9,11-16,22H,2-8,10H2,1H3,(H,23,24,25);/q;+1/p-1. The molecule has 0 unspecified atom stereocenters. The SMILES string of the molecule is CCCCCCCCCc1ccc(Oc2cccc([O-])c2S(=O)(=O)O)cc1.[K+]. The Bertz CT molecular complexity index is 819. The molecular formula is C21H27KO5S. The summed E-state index contributed by atoms with van der Waals surface area (Å²) in [6, 6.07) is 11.1. The van der Waals surface area contributed by atoms with Gasteiger partial charge in [-0.1, -0.05) is 75.5 Å². The van der Waals surface area contributed by atoms with Crippen LogP contribution in [0.25, 0.3) is 0 Å². The minimum atomic E-state index is -4.65. The van der Waals surface area contributed by atoms with Crippen molar-refractivity contribution in [1.82, 2.24) is 0 Å². The van der Waals surface area contributed by atoms with Gasteiger partial charge >= 0.3 is 51.4 Å². The molecule has 7 heteroatoms. The van der Waals surface area contributed by atoms with Crippen LogP contribution in [-0.4, -0.2) is 13.0 Å². The molecule has 2 rings (SSSR count). The Balaban J connectivity index is 0.00000392. The average Bonchev–Trinajstić information content (AvgIpc) is 2.61. The van der Waals surface area contributed by atoms with Crippen molar-refractivity contribution in [2.24, 2.45) is 0 Å². The summed E-state index contributed by atoms with van der Waals surface area (Å²) < 4.78 is 37.6. The third-order valence-corrected chi connectivity index (χ3v) is 5.34. The minimum absolute atomic E-state index is 0. The second-order valence-electron chi connectivity index (χ2n) is 6.68. The van der Waals surface area contributed by atoms with E-state index in [2.05, 4.69) is 6.92 Å². The van der Waals surface area contributed by atoms with Crippen molar-refractivity contribution >= 4 is 10.1 Å². The Morgan fingerprint density at radius 3 is 2.14 bits per heavy atom. The first-order chi connectivity index (χ1) is 12.9. The van der Waals surface area contributed by atoms with E-state index >= 15 is 0 Å². The Labute approximate surface area is 210 Å². The van der Waals surface area contributed by atoms with Crippen LogP contribution in [0.2, 0.25) is 0 Å². The van der Waals surface area contributed by atoms with Crippen LogP contribution in [0.5, 0.6) is 17.2 Å². The first-order valence-corrected chi connectivity index (χ1v) is 10.9. The molecule has 5 nitrogen and oxygen atoms in total. The van der Waals surface area contributed by atoms with Crippen molar-refractivity contribution in [2.45, 2.75) is 63.2 Å². The van der Waals surface area contributed by atoms with Gasteiger partial charge in [-0.05, 0) is 36.6 Å². The van der Waals surface area contributed by atoms with E-state index < -0.39 is 20.8 Å². The molecule has 0 aliphatic rings. The molecule has 0 atom stereocenters. The second kappa shape index (κ2) is 13.0. The van der Waals surface area contributed by atoms with Crippen LogP contribution in [-0.2, 0) is 16.5 Å². The number of ether oxygens (including phenoxy) is 1. The van der Waals surface area contributed by atoms with Gasteiger partial charge in [0.1, 0.15) is 16.4 Å². The zero-order chi connectivity index (χ0) is 19.7. The van der Waals surface area contributed by atoms with Crippen LogP contribution >= 0.6 is 0 Å². The van der Waals surface area contributed by atoms with E-state index in [4.69, 9.17) is 4.74 Å². The van der Waals surface area contributed by atoms with E-state index in [1.165, 1.54) is 56.2 Å². The molecule has 1 N–H and O–H groups in total. The summed E-state index contributed by atoms with van der Waals surface area (Å²) in [7, 11) is -4.65. The molecule has 0 bridgehead atoms. The van der Waals surface area contributed by atoms with Crippen LogP contribution in [0.1, 0.15) is 57.4 Å². The molecule has 28 heavy (non-hydrogen) atoms. The fraction of sp³-hybridized carbons (Fsp3) is 0.429. The van der Waals surface area contributed by atoms with Crippen LogP contribution < -0.4 is 61.2 Å². The zero-order valence-electron chi connectivity index (χ0n) is 16.7. The van der Waals surface area contributed by atoms with Crippen LogP contribution in [0.4, 0.5) is 0 Å². The van der Waals surface area contributed by atoms with Gasteiger partial charge < -0.3 is 9.84 Å². The predicted octanol–water partition coefficient (Wildman–Crippen LogP) is 2.10. The molecule has 0 aliphatic heterocycles. The van der Waals surface area contributed by atoms with Gasteiger partial charge in [0.15, 0.2) is 0 Å². The maximum absolute atomic E-state index is 11.7. The molecule has 0 saturated heterocycles. The largest absolute Gasteiger partial charge is 1.00 e. The number of rotatable bonds is 11. The third kappa shape index (κ3) is 8.53. The van der Waals surface area contributed by atoms with Crippen molar-refractivity contribution in [3.63, 3.8) is 0 Å². The van der Waals surface area contributed by atoms with E-state index in [1.54, 1.807) is 12.1 Å². The summed E-state index contributed by atoms with van der Waals surface area (Å²) in [6.45, 7) is 2.22. The first kappa shape index (κ1) is 25.6. The maximum Gasteiger partial charge on any atom is 1.00 e. The van der Waals surface area contributed by atoms with Gasteiger partial charge in [-0.25, -0.2) is 0 Å². The normalized spacial score (nSPS) is 11.1. The van der Waals surface area contributed by atoms with Crippen LogP contribution in [0.15, 0.2) is 47.4 Å². The molecule has 2 aromatic rings. The molecule has 0 fully saturated rings. The summed E-state index contributed by atoms with van der Waals surface area (Å²) >= 11 is 0. The quantitative estimate of drug-likeness (QED) is 0.335. The Kier molecular flexibility index (Phi) is 11.9. The molecule has 148 valence electrons. The van der Waals surface area contributed by atoms with Crippen molar-refractivity contribution in [3.05, 3.63) is 48.0 Å². The van der Waals surface area contributed by atoms with E-state index in [0.717, 1.165) is 18.9 Å². The molecule has 0 heterocycles. The summed E-state index contributed by atoms with van der Waals surface area (Å²) in [5.41, 5.74) is 1.18. The van der Waals surface area contributed by atoms with E-state index in [-0.39, 0.29) is 57.1 Å².